The van der Waals surface area contributed by atoms with Gasteiger partial charge in [0.2, 0.25) is 0 Å². The zero-order valence-electron chi connectivity index (χ0n) is 9.57. The molecule has 0 aliphatic rings. The fraction of sp³-hybridized carbons (Fsp3) is 0.462. The molecule has 0 amide bonds. The molecule has 0 radical (unpaired) electrons. The SMILES string of the molecule is CCC(=O)CCN(C)Cc1ccccc1. The number of nitrogens with zero attached hydrogens (tertiary/aromatic N) is 1. The van der Waals surface area contributed by atoms with Gasteiger partial charge in [0, 0.05) is 25.9 Å². The summed E-state index contributed by atoms with van der Waals surface area (Å²) in [5.41, 5.74) is 1.30. The zero-order chi connectivity index (χ0) is 11.1. The Balaban J connectivity index is 2.30. The number of benzene rings is 1. The molecule has 82 valence electrons. The van der Waals surface area contributed by atoms with Crippen molar-refractivity contribution in [2.75, 3.05) is 13.6 Å². The molecule has 2 heteroatoms. The first-order valence-electron chi connectivity index (χ1n) is 5.46. The Morgan fingerprint density at radius 3 is 2.53 bits per heavy atom. The van der Waals surface area contributed by atoms with Gasteiger partial charge in [-0.25, -0.2) is 0 Å². The molecular weight excluding hydrogens is 186 g/mol. The molecule has 0 fully saturated rings. The van der Waals surface area contributed by atoms with Gasteiger partial charge >= 0.3 is 0 Å². The molecule has 0 N–H and O–H groups in total. The number of carbonyl (C=O) groups excluding carboxylic acids is 1. The van der Waals surface area contributed by atoms with E-state index < -0.39 is 0 Å². The average Bonchev–Trinajstić information content (AvgIpc) is 2.27. The zero-order valence-corrected chi connectivity index (χ0v) is 9.57. The minimum Gasteiger partial charge on any atom is -0.302 e. The molecule has 15 heavy (non-hydrogen) atoms. The fourth-order valence-corrected chi connectivity index (χ4v) is 1.47. The second-order valence-electron chi connectivity index (χ2n) is 3.87. The summed E-state index contributed by atoms with van der Waals surface area (Å²) in [5.74, 6) is 0.343. The Hall–Kier alpha value is -1.15. The molecule has 0 heterocycles. The van der Waals surface area contributed by atoms with Crippen molar-refractivity contribution >= 4 is 5.78 Å². The first-order valence-corrected chi connectivity index (χ1v) is 5.46. The summed E-state index contributed by atoms with van der Waals surface area (Å²) in [7, 11) is 2.05. The van der Waals surface area contributed by atoms with Gasteiger partial charge in [0.25, 0.3) is 0 Å². The Kier molecular flexibility index (Phi) is 5.05. The number of ketones is 1. The molecule has 0 spiro atoms. The molecule has 0 aromatic heterocycles. The summed E-state index contributed by atoms with van der Waals surface area (Å²) in [6, 6.07) is 10.3. The minimum absolute atomic E-state index is 0.343. The van der Waals surface area contributed by atoms with Crippen molar-refractivity contribution < 1.29 is 4.79 Å². The van der Waals surface area contributed by atoms with Crippen molar-refractivity contribution in [2.24, 2.45) is 0 Å². The normalized spacial score (nSPS) is 10.6. The van der Waals surface area contributed by atoms with Crippen LogP contribution in [0.2, 0.25) is 0 Å². The van der Waals surface area contributed by atoms with Gasteiger partial charge in [0.15, 0.2) is 0 Å². The van der Waals surface area contributed by atoms with Gasteiger partial charge in [-0.15, -0.1) is 0 Å². The van der Waals surface area contributed by atoms with Crippen LogP contribution >= 0.6 is 0 Å². The van der Waals surface area contributed by atoms with Crippen LogP contribution < -0.4 is 0 Å². The third-order valence-electron chi connectivity index (χ3n) is 2.46. The lowest BCUT2D eigenvalue weighted by atomic mass is 10.2. The third kappa shape index (κ3) is 4.75. The second kappa shape index (κ2) is 6.36. The number of hydrogen-bond acceptors (Lipinski definition) is 2. The summed E-state index contributed by atoms with van der Waals surface area (Å²) in [5, 5.41) is 0. The van der Waals surface area contributed by atoms with Crippen molar-refractivity contribution in [1.29, 1.82) is 0 Å². The van der Waals surface area contributed by atoms with Crippen molar-refractivity contribution in [3.05, 3.63) is 35.9 Å². The van der Waals surface area contributed by atoms with Gasteiger partial charge in [-0.05, 0) is 12.6 Å². The molecule has 0 saturated carbocycles. The van der Waals surface area contributed by atoms with E-state index in [1.165, 1.54) is 5.56 Å². The summed E-state index contributed by atoms with van der Waals surface area (Å²) >= 11 is 0. The fourth-order valence-electron chi connectivity index (χ4n) is 1.47. The number of hydrogen-bond donors (Lipinski definition) is 0. The van der Waals surface area contributed by atoms with Crippen LogP contribution in [0.3, 0.4) is 0 Å². The molecule has 1 aromatic carbocycles. The molecule has 0 aliphatic carbocycles. The van der Waals surface area contributed by atoms with Crippen molar-refractivity contribution in [3.63, 3.8) is 0 Å². The Labute approximate surface area is 91.9 Å². The lowest BCUT2D eigenvalue weighted by Crippen LogP contribution is -2.21. The van der Waals surface area contributed by atoms with Crippen LogP contribution in [0.1, 0.15) is 25.3 Å². The van der Waals surface area contributed by atoms with Crippen LogP contribution in [0.25, 0.3) is 0 Å². The van der Waals surface area contributed by atoms with E-state index in [0.717, 1.165) is 13.1 Å². The highest BCUT2D eigenvalue weighted by Gasteiger charge is 2.03. The smallest absolute Gasteiger partial charge is 0.133 e. The van der Waals surface area contributed by atoms with Gasteiger partial charge in [-0.2, -0.15) is 0 Å². The van der Waals surface area contributed by atoms with Crippen LogP contribution in [0.15, 0.2) is 30.3 Å². The number of rotatable bonds is 6. The Morgan fingerprint density at radius 2 is 1.93 bits per heavy atom. The van der Waals surface area contributed by atoms with Gasteiger partial charge in [0.05, 0.1) is 0 Å². The lowest BCUT2D eigenvalue weighted by molar-refractivity contribution is -0.119. The maximum absolute atomic E-state index is 11.1. The highest BCUT2D eigenvalue weighted by molar-refractivity contribution is 5.78. The van der Waals surface area contributed by atoms with Crippen LogP contribution in [0.5, 0.6) is 0 Å². The van der Waals surface area contributed by atoms with E-state index in [1.54, 1.807) is 0 Å². The van der Waals surface area contributed by atoms with Crippen LogP contribution in [0, 0.1) is 0 Å². The van der Waals surface area contributed by atoms with E-state index in [-0.39, 0.29) is 0 Å². The molecular formula is C13H19NO. The second-order valence-corrected chi connectivity index (χ2v) is 3.87. The van der Waals surface area contributed by atoms with E-state index >= 15 is 0 Å². The van der Waals surface area contributed by atoms with E-state index in [4.69, 9.17) is 0 Å². The molecule has 0 aliphatic heterocycles. The summed E-state index contributed by atoms with van der Waals surface area (Å²) in [6.07, 6.45) is 1.32. The molecule has 0 saturated heterocycles. The van der Waals surface area contributed by atoms with Crippen LogP contribution in [-0.2, 0) is 11.3 Å². The minimum atomic E-state index is 0.343. The van der Waals surface area contributed by atoms with Gasteiger partial charge in [-0.3, -0.25) is 4.79 Å². The van der Waals surface area contributed by atoms with E-state index in [0.29, 0.717) is 18.6 Å². The maximum atomic E-state index is 11.1. The van der Waals surface area contributed by atoms with Gasteiger partial charge in [-0.1, -0.05) is 37.3 Å². The average molecular weight is 205 g/mol. The van der Waals surface area contributed by atoms with Crippen LogP contribution in [-0.4, -0.2) is 24.3 Å². The highest BCUT2D eigenvalue weighted by Crippen LogP contribution is 2.03. The van der Waals surface area contributed by atoms with Gasteiger partial charge < -0.3 is 4.90 Å². The molecule has 2 nitrogen and oxygen atoms in total. The lowest BCUT2D eigenvalue weighted by Gasteiger charge is -2.15. The monoisotopic (exact) mass is 205 g/mol. The Bertz CT molecular complexity index is 295. The molecule has 1 aromatic rings. The highest BCUT2D eigenvalue weighted by atomic mass is 16.1. The van der Waals surface area contributed by atoms with Crippen LogP contribution in [0.4, 0.5) is 0 Å². The predicted octanol–water partition coefficient (Wildman–Crippen LogP) is 2.49. The Morgan fingerprint density at radius 1 is 1.27 bits per heavy atom. The quantitative estimate of drug-likeness (QED) is 0.711. The molecule has 0 atom stereocenters. The maximum Gasteiger partial charge on any atom is 0.133 e. The van der Waals surface area contributed by atoms with Crippen molar-refractivity contribution in [2.45, 2.75) is 26.3 Å². The van der Waals surface area contributed by atoms with E-state index in [2.05, 4.69) is 24.1 Å². The largest absolute Gasteiger partial charge is 0.302 e. The third-order valence-corrected chi connectivity index (χ3v) is 2.46. The van der Waals surface area contributed by atoms with E-state index in [9.17, 15) is 4.79 Å². The first kappa shape index (κ1) is 11.9. The molecule has 0 bridgehead atoms. The summed E-state index contributed by atoms with van der Waals surface area (Å²) in [4.78, 5) is 13.3. The van der Waals surface area contributed by atoms with E-state index in [1.807, 2.05) is 25.1 Å². The predicted molar refractivity (Wildman–Crippen MR) is 62.7 cm³/mol. The van der Waals surface area contributed by atoms with Crippen molar-refractivity contribution in [3.8, 4) is 0 Å². The molecule has 1 rings (SSSR count). The first-order chi connectivity index (χ1) is 7.22. The van der Waals surface area contributed by atoms with Gasteiger partial charge in [0.1, 0.15) is 5.78 Å². The number of Topliss-reactive ketones (excluding diaryl/α,β-unsaturated/α-hetero) is 1. The number of carbonyl (C=O) groups is 1. The summed E-state index contributed by atoms with van der Waals surface area (Å²) < 4.78 is 0. The standard InChI is InChI=1S/C13H19NO/c1-3-13(15)9-10-14(2)11-12-7-5-4-6-8-12/h4-8H,3,9-11H2,1-2H3. The summed E-state index contributed by atoms with van der Waals surface area (Å²) in [6.45, 7) is 3.68. The molecule has 0 unspecified atom stereocenters. The topological polar surface area (TPSA) is 20.3 Å². The van der Waals surface area contributed by atoms with Crippen molar-refractivity contribution in [1.82, 2.24) is 4.90 Å².